The Bertz CT molecular complexity index is 837. The van der Waals surface area contributed by atoms with Gasteiger partial charge >= 0.3 is 0 Å². The van der Waals surface area contributed by atoms with Gasteiger partial charge in [0.2, 0.25) is 16.0 Å². The molecular formula is C16H18N6OS. The molecule has 0 atom stereocenters. The summed E-state index contributed by atoms with van der Waals surface area (Å²) in [7, 11) is 0. The van der Waals surface area contributed by atoms with Gasteiger partial charge in [0.15, 0.2) is 0 Å². The van der Waals surface area contributed by atoms with E-state index in [0.29, 0.717) is 19.6 Å². The Kier molecular flexibility index (Phi) is 3.81. The minimum Gasteiger partial charge on any atom is -0.360 e. The van der Waals surface area contributed by atoms with Crippen molar-refractivity contribution in [3.63, 3.8) is 0 Å². The average Bonchev–Trinajstić information content (AvgIpc) is 3.10. The van der Waals surface area contributed by atoms with Crippen molar-refractivity contribution in [2.75, 3.05) is 29.9 Å². The lowest BCUT2D eigenvalue weighted by Gasteiger charge is -2.28. The molecular weight excluding hydrogens is 324 g/mol. The number of hydrogen-bond donors (Lipinski definition) is 2. The first-order valence-corrected chi connectivity index (χ1v) is 8.66. The molecule has 0 bridgehead atoms. The lowest BCUT2D eigenvalue weighted by Crippen LogP contribution is -2.47. The van der Waals surface area contributed by atoms with Crippen LogP contribution >= 0.6 is 11.3 Å². The summed E-state index contributed by atoms with van der Waals surface area (Å²) in [5.41, 5.74) is 3.23. The molecule has 3 heterocycles. The fourth-order valence-corrected chi connectivity index (χ4v) is 3.56. The van der Waals surface area contributed by atoms with Gasteiger partial charge in [-0.2, -0.15) is 0 Å². The van der Waals surface area contributed by atoms with Crippen LogP contribution < -0.4 is 15.5 Å². The van der Waals surface area contributed by atoms with Gasteiger partial charge in [-0.25, -0.2) is 9.50 Å². The Morgan fingerprint density at radius 3 is 2.92 bits per heavy atom. The summed E-state index contributed by atoms with van der Waals surface area (Å²) in [5, 5.41) is 11.5. The predicted molar refractivity (Wildman–Crippen MR) is 94.6 cm³/mol. The number of nitrogens with one attached hydrogen (secondary N) is 2. The van der Waals surface area contributed by atoms with Gasteiger partial charge in [0.05, 0.1) is 18.4 Å². The van der Waals surface area contributed by atoms with Crippen LogP contribution in [-0.4, -0.2) is 40.1 Å². The van der Waals surface area contributed by atoms with Crippen LogP contribution in [0.1, 0.15) is 11.3 Å². The van der Waals surface area contributed by atoms with Crippen molar-refractivity contribution in [1.29, 1.82) is 0 Å². The van der Waals surface area contributed by atoms with Crippen LogP contribution in [0.3, 0.4) is 0 Å². The van der Waals surface area contributed by atoms with E-state index >= 15 is 0 Å². The van der Waals surface area contributed by atoms with Crippen LogP contribution in [0.4, 0.5) is 10.8 Å². The third-order valence-electron chi connectivity index (χ3n) is 3.95. The SMILES string of the molecule is Cc1cn2nc(NCc3ccc(N4CCNC(=O)C4)cc3)sc2n1. The molecule has 1 saturated heterocycles. The van der Waals surface area contributed by atoms with Gasteiger partial charge in [-0.3, -0.25) is 4.79 Å². The number of carbonyl (C=O) groups excluding carboxylic acids is 1. The number of piperazine rings is 1. The molecule has 0 spiro atoms. The zero-order chi connectivity index (χ0) is 16.5. The smallest absolute Gasteiger partial charge is 0.239 e. The van der Waals surface area contributed by atoms with E-state index in [-0.39, 0.29) is 5.91 Å². The second-order valence-corrected chi connectivity index (χ2v) is 6.76. The van der Waals surface area contributed by atoms with E-state index in [4.69, 9.17) is 0 Å². The molecule has 4 rings (SSSR count). The molecule has 1 fully saturated rings. The van der Waals surface area contributed by atoms with E-state index in [9.17, 15) is 4.79 Å². The topological polar surface area (TPSA) is 74.6 Å². The first-order valence-electron chi connectivity index (χ1n) is 7.85. The number of fused-ring (bicyclic) bond motifs is 1. The van der Waals surface area contributed by atoms with Gasteiger partial charge in [-0.15, -0.1) is 5.10 Å². The van der Waals surface area contributed by atoms with Crippen molar-refractivity contribution in [3.8, 4) is 0 Å². The number of amides is 1. The fraction of sp³-hybridized carbons (Fsp3) is 0.312. The van der Waals surface area contributed by atoms with Crippen LogP contribution in [0, 0.1) is 6.92 Å². The molecule has 8 heteroatoms. The van der Waals surface area contributed by atoms with Crippen LogP contribution in [0.15, 0.2) is 30.5 Å². The van der Waals surface area contributed by atoms with E-state index in [1.165, 1.54) is 5.56 Å². The standard InChI is InChI=1S/C16H18N6OS/c1-11-9-22-16(19-11)24-15(20-22)18-8-12-2-4-13(5-3-12)21-7-6-17-14(23)10-21/h2-5,9H,6-8,10H2,1H3,(H,17,23)(H,18,20). The van der Waals surface area contributed by atoms with Crippen molar-refractivity contribution in [2.24, 2.45) is 0 Å². The van der Waals surface area contributed by atoms with Crippen molar-refractivity contribution in [1.82, 2.24) is 19.9 Å². The number of hydrogen-bond acceptors (Lipinski definition) is 6. The number of benzene rings is 1. The van der Waals surface area contributed by atoms with Gasteiger partial charge in [0.25, 0.3) is 0 Å². The van der Waals surface area contributed by atoms with Crippen LogP contribution in [0.25, 0.3) is 4.96 Å². The van der Waals surface area contributed by atoms with Gasteiger partial charge in [0.1, 0.15) is 0 Å². The minimum absolute atomic E-state index is 0.0796. The number of carbonyl (C=O) groups is 1. The summed E-state index contributed by atoms with van der Waals surface area (Å²) in [5.74, 6) is 0.0796. The molecule has 1 aliphatic rings. The first-order chi connectivity index (χ1) is 11.7. The second kappa shape index (κ2) is 6.12. The normalized spacial score (nSPS) is 14.9. The molecule has 1 aliphatic heterocycles. The summed E-state index contributed by atoms with van der Waals surface area (Å²) < 4.78 is 1.80. The Balaban J connectivity index is 1.39. The summed E-state index contributed by atoms with van der Waals surface area (Å²) in [6, 6.07) is 8.29. The van der Waals surface area contributed by atoms with E-state index in [2.05, 4.69) is 49.9 Å². The molecule has 7 nitrogen and oxygen atoms in total. The number of aromatic nitrogens is 3. The zero-order valence-electron chi connectivity index (χ0n) is 13.3. The van der Waals surface area contributed by atoms with Crippen molar-refractivity contribution in [2.45, 2.75) is 13.5 Å². The molecule has 1 amide bonds. The van der Waals surface area contributed by atoms with Gasteiger partial charge in [0, 0.05) is 25.3 Å². The Labute approximate surface area is 143 Å². The first kappa shape index (κ1) is 14.9. The molecule has 24 heavy (non-hydrogen) atoms. The highest BCUT2D eigenvalue weighted by Crippen LogP contribution is 2.21. The second-order valence-electron chi connectivity index (χ2n) is 5.81. The summed E-state index contributed by atoms with van der Waals surface area (Å²) in [4.78, 5) is 18.9. The fourth-order valence-electron chi connectivity index (χ4n) is 2.74. The number of aryl methyl sites for hydroxylation is 1. The molecule has 0 saturated carbocycles. The Morgan fingerprint density at radius 1 is 1.33 bits per heavy atom. The van der Waals surface area contributed by atoms with Crippen LogP contribution in [-0.2, 0) is 11.3 Å². The molecule has 2 N–H and O–H groups in total. The van der Waals surface area contributed by atoms with Gasteiger partial charge < -0.3 is 15.5 Å². The highest BCUT2D eigenvalue weighted by molar-refractivity contribution is 7.20. The Morgan fingerprint density at radius 2 is 2.17 bits per heavy atom. The number of nitrogens with zero attached hydrogens (tertiary/aromatic N) is 4. The quantitative estimate of drug-likeness (QED) is 0.754. The van der Waals surface area contributed by atoms with Crippen LogP contribution in [0.2, 0.25) is 0 Å². The lowest BCUT2D eigenvalue weighted by atomic mass is 10.2. The lowest BCUT2D eigenvalue weighted by molar-refractivity contribution is -0.120. The summed E-state index contributed by atoms with van der Waals surface area (Å²) >= 11 is 1.54. The number of rotatable bonds is 4. The highest BCUT2D eigenvalue weighted by atomic mass is 32.1. The predicted octanol–water partition coefficient (Wildman–Crippen LogP) is 1.65. The molecule has 0 radical (unpaired) electrons. The summed E-state index contributed by atoms with van der Waals surface area (Å²) in [6.07, 6.45) is 1.92. The maximum Gasteiger partial charge on any atom is 0.239 e. The van der Waals surface area contributed by atoms with Gasteiger partial charge in [-0.1, -0.05) is 23.5 Å². The molecule has 1 aromatic carbocycles. The molecule has 124 valence electrons. The average molecular weight is 342 g/mol. The minimum atomic E-state index is 0.0796. The third kappa shape index (κ3) is 3.05. The Hall–Kier alpha value is -2.61. The molecule has 0 aliphatic carbocycles. The largest absolute Gasteiger partial charge is 0.360 e. The van der Waals surface area contributed by atoms with E-state index < -0.39 is 0 Å². The highest BCUT2D eigenvalue weighted by Gasteiger charge is 2.16. The van der Waals surface area contributed by atoms with Crippen molar-refractivity contribution >= 4 is 33.0 Å². The van der Waals surface area contributed by atoms with E-state index in [1.54, 1.807) is 15.9 Å². The zero-order valence-corrected chi connectivity index (χ0v) is 14.1. The molecule has 2 aromatic heterocycles. The van der Waals surface area contributed by atoms with Gasteiger partial charge in [-0.05, 0) is 24.6 Å². The van der Waals surface area contributed by atoms with Crippen molar-refractivity contribution < 1.29 is 4.79 Å². The van der Waals surface area contributed by atoms with Crippen molar-refractivity contribution in [3.05, 3.63) is 41.7 Å². The van der Waals surface area contributed by atoms with E-state index in [0.717, 1.165) is 28.0 Å². The maximum absolute atomic E-state index is 11.5. The summed E-state index contributed by atoms with van der Waals surface area (Å²) in [6.45, 7) is 4.64. The number of imidazole rings is 1. The maximum atomic E-state index is 11.5. The third-order valence-corrected chi connectivity index (χ3v) is 4.83. The number of anilines is 2. The van der Waals surface area contributed by atoms with Crippen LogP contribution in [0.5, 0.6) is 0 Å². The monoisotopic (exact) mass is 342 g/mol. The molecule has 3 aromatic rings. The van der Waals surface area contributed by atoms with E-state index in [1.807, 2.05) is 13.1 Å². The molecule has 0 unspecified atom stereocenters.